The molecule has 3 aromatic rings. The van der Waals surface area contributed by atoms with E-state index in [1.807, 2.05) is 24.3 Å². The molecule has 156 valence electrons. The Morgan fingerprint density at radius 2 is 1.74 bits per heavy atom. The van der Waals surface area contributed by atoms with E-state index in [-0.39, 0.29) is 35.9 Å². The SMILES string of the molecule is CCOC(=O)C1=C(O)C[C@@H]2C(=O)c3ccccc3C(=O)[C@@H]2[C@H]1c1c[nH]c2ccccc12. The van der Waals surface area contributed by atoms with Gasteiger partial charge >= 0.3 is 5.97 Å². The van der Waals surface area contributed by atoms with Crippen molar-refractivity contribution in [3.63, 3.8) is 0 Å². The average molecular weight is 415 g/mol. The lowest BCUT2D eigenvalue weighted by Crippen LogP contribution is -2.44. The van der Waals surface area contributed by atoms with E-state index in [1.165, 1.54) is 0 Å². The maximum atomic E-state index is 13.7. The molecule has 0 unspecified atom stereocenters. The van der Waals surface area contributed by atoms with Crippen LogP contribution in [0, 0.1) is 11.8 Å². The maximum absolute atomic E-state index is 13.7. The van der Waals surface area contributed by atoms with Crippen LogP contribution in [-0.4, -0.2) is 34.2 Å². The van der Waals surface area contributed by atoms with Crippen LogP contribution in [-0.2, 0) is 9.53 Å². The molecule has 1 heterocycles. The van der Waals surface area contributed by atoms with Crippen molar-refractivity contribution >= 4 is 28.4 Å². The van der Waals surface area contributed by atoms with E-state index in [2.05, 4.69) is 4.98 Å². The Morgan fingerprint density at radius 3 is 2.48 bits per heavy atom. The molecule has 0 bridgehead atoms. The summed E-state index contributed by atoms with van der Waals surface area (Å²) in [5, 5.41) is 11.7. The smallest absolute Gasteiger partial charge is 0.338 e. The van der Waals surface area contributed by atoms with Gasteiger partial charge in [0.15, 0.2) is 11.6 Å². The summed E-state index contributed by atoms with van der Waals surface area (Å²) < 4.78 is 5.24. The summed E-state index contributed by atoms with van der Waals surface area (Å²) in [6.07, 6.45) is 1.69. The van der Waals surface area contributed by atoms with E-state index in [9.17, 15) is 19.5 Å². The van der Waals surface area contributed by atoms with Crippen molar-refractivity contribution in [3.05, 3.63) is 82.8 Å². The number of hydrogen-bond donors (Lipinski definition) is 2. The highest BCUT2D eigenvalue weighted by molar-refractivity contribution is 6.17. The summed E-state index contributed by atoms with van der Waals surface area (Å²) in [6, 6.07) is 14.3. The first-order valence-electron chi connectivity index (χ1n) is 10.4. The molecule has 1 aromatic heterocycles. The Bertz CT molecular complexity index is 1270. The molecule has 5 rings (SSSR count). The number of para-hydroxylation sites is 1. The Morgan fingerprint density at radius 1 is 1.06 bits per heavy atom. The van der Waals surface area contributed by atoms with Crippen LogP contribution in [0.5, 0.6) is 0 Å². The first-order chi connectivity index (χ1) is 15.0. The highest BCUT2D eigenvalue weighted by Crippen LogP contribution is 2.50. The summed E-state index contributed by atoms with van der Waals surface area (Å²) in [5.74, 6) is -3.54. The van der Waals surface area contributed by atoms with Crippen LogP contribution >= 0.6 is 0 Å². The number of carbonyl (C=O) groups excluding carboxylic acids is 3. The number of aromatic amines is 1. The first kappa shape index (κ1) is 19.3. The molecular weight excluding hydrogens is 394 g/mol. The van der Waals surface area contributed by atoms with Crippen LogP contribution in [0.25, 0.3) is 10.9 Å². The Hall–Kier alpha value is -3.67. The minimum absolute atomic E-state index is 0.0590. The van der Waals surface area contributed by atoms with Crippen LogP contribution in [0.4, 0.5) is 0 Å². The van der Waals surface area contributed by atoms with Gasteiger partial charge in [0.2, 0.25) is 0 Å². The van der Waals surface area contributed by atoms with Crippen molar-refractivity contribution in [3.8, 4) is 0 Å². The summed E-state index contributed by atoms with van der Waals surface area (Å²) >= 11 is 0. The van der Waals surface area contributed by atoms with E-state index in [0.29, 0.717) is 16.7 Å². The fourth-order valence-electron chi connectivity index (χ4n) is 5.07. The zero-order valence-corrected chi connectivity index (χ0v) is 16.9. The van der Waals surface area contributed by atoms with Gasteiger partial charge < -0.3 is 14.8 Å². The van der Waals surface area contributed by atoms with E-state index >= 15 is 0 Å². The Balaban J connectivity index is 1.76. The molecule has 0 amide bonds. The molecule has 0 saturated heterocycles. The molecule has 0 aliphatic heterocycles. The molecule has 6 heteroatoms. The van der Waals surface area contributed by atoms with Gasteiger partial charge in [-0.1, -0.05) is 42.5 Å². The highest BCUT2D eigenvalue weighted by Gasteiger charge is 2.52. The van der Waals surface area contributed by atoms with Crippen molar-refractivity contribution in [2.45, 2.75) is 19.3 Å². The third kappa shape index (κ3) is 2.82. The largest absolute Gasteiger partial charge is 0.512 e. The number of aromatic nitrogens is 1. The van der Waals surface area contributed by atoms with E-state index in [4.69, 9.17) is 4.74 Å². The van der Waals surface area contributed by atoms with Gasteiger partial charge in [0, 0.05) is 52.4 Å². The Kier molecular flexibility index (Phi) is 4.50. The van der Waals surface area contributed by atoms with Crippen molar-refractivity contribution < 1.29 is 24.2 Å². The number of ether oxygens (including phenoxy) is 1. The lowest BCUT2D eigenvalue weighted by molar-refractivity contribution is -0.139. The molecule has 0 spiro atoms. The van der Waals surface area contributed by atoms with Crippen molar-refractivity contribution in [2.24, 2.45) is 11.8 Å². The summed E-state index contributed by atoms with van der Waals surface area (Å²) in [5.41, 5.74) is 2.34. The van der Waals surface area contributed by atoms with Crippen LogP contribution in [0.3, 0.4) is 0 Å². The number of Topliss-reactive ketones (excluding diaryl/α,β-unsaturated/α-hetero) is 2. The predicted octanol–water partition coefficient (Wildman–Crippen LogP) is 4.34. The second-order valence-electron chi connectivity index (χ2n) is 7.96. The number of aliphatic hydroxyl groups is 1. The third-order valence-electron chi connectivity index (χ3n) is 6.38. The van der Waals surface area contributed by atoms with Gasteiger partial charge in [0.1, 0.15) is 5.76 Å². The van der Waals surface area contributed by atoms with Crippen LogP contribution in [0.1, 0.15) is 45.5 Å². The summed E-state index contributed by atoms with van der Waals surface area (Å²) in [6.45, 7) is 1.83. The first-order valence-corrected chi connectivity index (χ1v) is 10.4. The molecule has 2 aliphatic rings. The van der Waals surface area contributed by atoms with E-state index in [1.54, 1.807) is 37.4 Å². The predicted molar refractivity (Wildman–Crippen MR) is 114 cm³/mol. The molecule has 0 fully saturated rings. The van der Waals surface area contributed by atoms with Gasteiger partial charge in [0.25, 0.3) is 0 Å². The zero-order chi connectivity index (χ0) is 21.7. The molecule has 2 N–H and O–H groups in total. The maximum Gasteiger partial charge on any atom is 0.338 e. The molecule has 0 radical (unpaired) electrons. The normalized spacial score (nSPS) is 22.9. The van der Waals surface area contributed by atoms with Gasteiger partial charge in [-0.05, 0) is 18.6 Å². The lowest BCUT2D eigenvalue weighted by Gasteiger charge is -2.40. The van der Waals surface area contributed by atoms with Crippen LogP contribution in [0.15, 0.2) is 66.1 Å². The monoisotopic (exact) mass is 415 g/mol. The van der Waals surface area contributed by atoms with Crippen molar-refractivity contribution in [1.82, 2.24) is 4.98 Å². The van der Waals surface area contributed by atoms with E-state index < -0.39 is 23.7 Å². The van der Waals surface area contributed by atoms with Gasteiger partial charge in [-0.15, -0.1) is 0 Å². The van der Waals surface area contributed by atoms with Crippen LogP contribution < -0.4 is 0 Å². The number of benzene rings is 2. The quantitative estimate of drug-likeness (QED) is 0.620. The lowest BCUT2D eigenvalue weighted by atomic mass is 9.60. The Labute approximate surface area is 178 Å². The molecular formula is C25H21NO5. The van der Waals surface area contributed by atoms with Gasteiger partial charge in [-0.2, -0.15) is 0 Å². The molecule has 6 nitrogen and oxygen atoms in total. The number of H-pyrrole nitrogens is 1. The van der Waals surface area contributed by atoms with Gasteiger partial charge in [-0.3, -0.25) is 9.59 Å². The number of nitrogens with one attached hydrogen (secondary N) is 1. The summed E-state index contributed by atoms with van der Waals surface area (Å²) in [7, 11) is 0. The number of aliphatic hydroxyl groups excluding tert-OH is 1. The topological polar surface area (TPSA) is 96.5 Å². The number of carbonyl (C=O) groups is 3. The zero-order valence-electron chi connectivity index (χ0n) is 16.9. The second-order valence-corrected chi connectivity index (χ2v) is 7.96. The fourth-order valence-corrected chi connectivity index (χ4v) is 5.07. The second kappa shape index (κ2) is 7.23. The highest BCUT2D eigenvalue weighted by atomic mass is 16.5. The van der Waals surface area contributed by atoms with Gasteiger partial charge in [-0.25, -0.2) is 4.79 Å². The molecule has 2 aliphatic carbocycles. The minimum atomic E-state index is -0.795. The van der Waals surface area contributed by atoms with Crippen molar-refractivity contribution in [1.29, 1.82) is 0 Å². The van der Waals surface area contributed by atoms with Crippen LogP contribution in [0.2, 0.25) is 0 Å². The fraction of sp³-hybridized carbons (Fsp3) is 0.240. The van der Waals surface area contributed by atoms with Crippen molar-refractivity contribution in [2.75, 3.05) is 6.61 Å². The average Bonchev–Trinajstić information content (AvgIpc) is 3.20. The molecule has 31 heavy (non-hydrogen) atoms. The molecule has 0 saturated carbocycles. The molecule has 3 atom stereocenters. The summed E-state index contributed by atoms with van der Waals surface area (Å²) in [4.78, 5) is 43.1. The van der Waals surface area contributed by atoms with Gasteiger partial charge in [0.05, 0.1) is 12.2 Å². The molecule has 2 aromatic carbocycles. The number of hydrogen-bond acceptors (Lipinski definition) is 5. The number of ketones is 2. The van der Waals surface area contributed by atoms with E-state index in [0.717, 1.165) is 10.9 Å². The minimum Gasteiger partial charge on any atom is -0.512 e. The number of rotatable bonds is 3. The standard InChI is InChI=1S/C25H21NO5/c1-2-31-25(30)22-19(27)11-16-21(24(29)15-9-4-3-8-14(15)23(16)28)20(22)17-12-26-18-10-6-5-7-13(17)18/h3-10,12,16,20-21,26-27H,2,11H2,1H3/t16-,20+,21-/m0/s1. The number of fused-ring (bicyclic) bond motifs is 3. The third-order valence-corrected chi connectivity index (χ3v) is 6.38. The number of allylic oxidation sites excluding steroid dienone is 1. The number of esters is 1.